The van der Waals surface area contributed by atoms with Gasteiger partial charge in [0.05, 0.1) is 0 Å². The molecule has 4 aromatic carbocycles. The van der Waals surface area contributed by atoms with E-state index in [1.54, 1.807) is 54.6 Å². The van der Waals surface area contributed by atoms with Crippen LogP contribution in [0.15, 0.2) is 108 Å². The normalized spacial score (nSPS) is 11.6. The largest absolute Gasteiger partial charge is 0.378 e. The van der Waals surface area contributed by atoms with Crippen LogP contribution < -0.4 is 4.18 Å². The van der Waals surface area contributed by atoms with Gasteiger partial charge in [0.2, 0.25) is 0 Å². The van der Waals surface area contributed by atoms with Crippen LogP contribution in [0.5, 0.6) is 5.75 Å². The van der Waals surface area contributed by atoms with Crippen molar-refractivity contribution in [1.82, 2.24) is 0 Å². The first kappa shape index (κ1) is 19.6. The van der Waals surface area contributed by atoms with Crippen LogP contribution in [0.1, 0.15) is 15.9 Å². The molecule has 4 aromatic rings. The van der Waals surface area contributed by atoms with Gasteiger partial charge in [-0.15, -0.1) is 0 Å². The van der Waals surface area contributed by atoms with Crippen molar-refractivity contribution in [2.24, 2.45) is 0 Å². The van der Waals surface area contributed by atoms with Crippen LogP contribution >= 0.6 is 0 Å². The topological polar surface area (TPSA) is 60.4 Å². The minimum Gasteiger partial charge on any atom is -0.378 e. The summed E-state index contributed by atoms with van der Waals surface area (Å²) in [6, 6.07) is 27.9. The smallest absolute Gasteiger partial charge is 0.339 e. The Bertz CT molecular complexity index is 1340. The molecule has 0 fully saturated rings. The molecule has 0 aliphatic heterocycles. The summed E-state index contributed by atoms with van der Waals surface area (Å²) in [7, 11) is -3.97. The third-order valence-corrected chi connectivity index (χ3v) is 5.85. The highest BCUT2D eigenvalue weighted by atomic mass is 32.2. The standard InChI is InChI=1S/C25H18O4S/c26-24(22-15-14-19-8-4-5-10-21(19)18-22)17-16-20-9-6-7-13-25(20)29-30(27,28)23-11-2-1-3-12-23/h1-18H/b17-16+. The molecule has 0 radical (unpaired) electrons. The first-order valence-corrected chi connectivity index (χ1v) is 10.7. The van der Waals surface area contributed by atoms with Crippen LogP contribution in [0.2, 0.25) is 0 Å². The molecule has 5 heteroatoms. The summed E-state index contributed by atoms with van der Waals surface area (Å²) in [5, 5.41) is 2.04. The Morgan fingerprint density at radius 1 is 0.733 bits per heavy atom. The average Bonchev–Trinajstić information content (AvgIpc) is 2.78. The highest BCUT2D eigenvalue weighted by Crippen LogP contribution is 2.24. The molecular weight excluding hydrogens is 396 g/mol. The lowest BCUT2D eigenvalue weighted by atomic mass is 10.0. The Morgan fingerprint density at radius 3 is 2.20 bits per heavy atom. The van der Waals surface area contributed by atoms with E-state index in [-0.39, 0.29) is 16.4 Å². The van der Waals surface area contributed by atoms with Gasteiger partial charge in [-0.25, -0.2) is 0 Å². The molecule has 4 rings (SSSR count). The molecule has 148 valence electrons. The lowest BCUT2D eigenvalue weighted by molar-refractivity contribution is 0.104. The van der Waals surface area contributed by atoms with Gasteiger partial charge in [-0.05, 0) is 47.2 Å². The van der Waals surface area contributed by atoms with Crippen molar-refractivity contribution in [3.05, 3.63) is 114 Å². The minimum absolute atomic E-state index is 0.0658. The van der Waals surface area contributed by atoms with Gasteiger partial charge in [-0.1, -0.05) is 72.8 Å². The Labute approximate surface area is 175 Å². The van der Waals surface area contributed by atoms with E-state index in [2.05, 4.69) is 0 Å². The van der Waals surface area contributed by atoms with Crippen LogP contribution in [0.4, 0.5) is 0 Å². The van der Waals surface area contributed by atoms with Crippen LogP contribution in [0, 0.1) is 0 Å². The number of allylic oxidation sites excluding steroid dienone is 1. The van der Waals surface area contributed by atoms with Gasteiger partial charge < -0.3 is 4.18 Å². The Hall–Kier alpha value is -3.70. The summed E-state index contributed by atoms with van der Waals surface area (Å²) in [5.74, 6) is -0.0228. The Kier molecular flexibility index (Phi) is 5.46. The monoisotopic (exact) mass is 414 g/mol. The number of rotatable bonds is 6. The fraction of sp³-hybridized carbons (Fsp3) is 0. The number of ketones is 1. The van der Waals surface area contributed by atoms with Crippen molar-refractivity contribution in [1.29, 1.82) is 0 Å². The SMILES string of the molecule is O=C(/C=C/c1ccccc1OS(=O)(=O)c1ccccc1)c1ccc2ccccc2c1. The number of fused-ring (bicyclic) bond motifs is 1. The summed E-state index contributed by atoms with van der Waals surface area (Å²) in [5.41, 5.74) is 1.05. The zero-order chi connectivity index (χ0) is 21.0. The van der Waals surface area contributed by atoms with Crippen molar-refractivity contribution in [2.45, 2.75) is 4.90 Å². The molecule has 0 amide bonds. The second-order valence-corrected chi connectivity index (χ2v) is 8.19. The van der Waals surface area contributed by atoms with Gasteiger partial charge in [-0.2, -0.15) is 8.42 Å². The van der Waals surface area contributed by atoms with Gasteiger partial charge in [0.1, 0.15) is 10.6 Å². The Balaban J connectivity index is 1.59. The van der Waals surface area contributed by atoms with E-state index in [1.165, 1.54) is 18.2 Å². The number of benzene rings is 4. The summed E-state index contributed by atoms with van der Waals surface area (Å²) in [4.78, 5) is 12.7. The molecule has 30 heavy (non-hydrogen) atoms. The number of hydrogen-bond donors (Lipinski definition) is 0. The van der Waals surface area contributed by atoms with Crippen LogP contribution in [0.25, 0.3) is 16.8 Å². The average molecular weight is 414 g/mol. The lowest BCUT2D eigenvalue weighted by Gasteiger charge is -2.09. The van der Waals surface area contributed by atoms with Crippen LogP contribution in [0.3, 0.4) is 0 Å². The van der Waals surface area contributed by atoms with Crippen LogP contribution in [-0.2, 0) is 10.1 Å². The van der Waals surface area contributed by atoms with E-state index in [1.807, 2.05) is 36.4 Å². The maximum absolute atomic E-state index is 12.6. The van der Waals surface area contributed by atoms with Crippen molar-refractivity contribution >= 4 is 32.7 Å². The fourth-order valence-corrected chi connectivity index (χ4v) is 4.03. The zero-order valence-corrected chi connectivity index (χ0v) is 16.8. The van der Waals surface area contributed by atoms with Crippen molar-refractivity contribution in [3.8, 4) is 5.75 Å². The summed E-state index contributed by atoms with van der Waals surface area (Å²) >= 11 is 0. The molecule has 0 aliphatic rings. The lowest BCUT2D eigenvalue weighted by Crippen LogP contribution is -2.10. The highest BCUT2D eigenvalue weighted by molar-refractivity contribution is 7.87. The van der Waals surface area contributed by atoms with Gasteiger partial charge >= 0.3 is 10.1 Å². The first-order chi connectivity index (χ1) is 14.5. The number of carbonyl (C=O) groups is 1. The zero-order valence-electron chi connectivity index (χ0n) is 15.9. The second kappa shape index (κ2) is 8.35. The summed E-state index contributed by atoms with van der Waals surface area (Å²) in [6.45, 7) is 0. The van der Waals surface area contributed by atoms with Gasteiger partial charge in [-0.3, -0.25) is 4.79 Å². The molecular formula is C25H18O4S. The second-order valence-electron chi connectivity index (χ2n) is 6.65. The highest BCUT2D eigenvalue weighted by Gasteiger charge is 2.17. The molecule has 0 saturated heterocycles. The molecule has 4 nitrogen and oxygen atoms in total. The molecule has 0 spiro atoms. The van der Waals surface area contributed by atoms with E-state index in [0.29, 0.717) is 11.1 Å². The number of para-hydroxylation sites is 1. The number of carbonyl (C=O) groups excluding carboxylic acids is 1. The van der Waals surface area contributed by atoms with E-state index in [4.69, 9.17) is 4.18 Å². The minimum atomic E-state index is -3.97. The Morgan fingerprint density at radius 2 is 1.40 bits per heavy atom. The predicted molar refractivity (Wildman–Crippen MR) is 118 cm³/mol. The van der Waals surface area contributed by atoms with Crippen molar-refractivity contribution in [3.63, 3.8) is 0 Å². The molecule has 0 heterocycles. The van der Waals surface area contributed by atoms with Crippen molar-refractivity contribution in [2.75, 3.05) is 0 Å². The van der Waals surface area contributed by atoms with Crippen LogP contribution in [-0.4, -0.2) is 14.2 Å². The van der Waals surface area contributed by atoms with E-state index in [9.17, 15) is 13.2 Å². The third kappa shape index (κ3) is 4.31. The van der Waals surface area contributed by atoms with E-state index >= 15 is 0 Å². The van der Waals surface area contributed by atoms with Crippen molar-refractivity contribution < 1.29 is 17.4 Å². The molecule has 0 saturated carbocycles. The molecule has 0 atom stereocenters. The molecule has 0 bridgehead atoms. The fourth-order valence-electron chi connectivity index (χ4n) is 3.05. The summed E-state index contributed by atoms with van der Waals surface area (Å²) in [6.07, 6.45) is 2.98. The molecule has 0 N–H and O–H groups in total. The molecule has 0 unspecified atom stereocenters. The molecule has 0 aliphatic carbocycles. The first-order valence-electron chi connectivity index (χ1n) is 9.33. The van der Waals surface area contributed by atoms with E-state index in [0.717, 1.165) is 10.8 Å². The van der Waals surface area contributed by atoms with E-state index < -0.39 is 10.1 Å². The summed E-state index contributed by atoms with van der Waals surface area (Å²) < 4.78 is 30.4. The predicted octanol–water partition coefficient (Wildman–Crippen LogP) is 5.50. The van der Waals surface area contributed by atoms with Gasteiger partial charge in [0.25, 0.3) is 0 Å². The third-order valence-electron chi connectivity index (χ3n) is 4.60. The van der Waals surface area contributed by atoms with Gasteiger partial charge in [0, 0.05) is 11.1 Å². The number of hydrogen-bond acceptors (Lipinski definition) is 4. The maximum Gasteiger partial charge on any atom is 0.339 e. The van der Waals surface area contributed by atoms with Gasteiger partial charge in [0.15, 0.2) is 5.78 Å². The molecule has 0 aromatic heterocycles. The quantitative estimate of drug-likeness (QED) is 0.237. The maximum atomic E-state index is 12.6.